The molecule has 2 aliphatic rings. The van der Waals surface area contributed by atoms with Gasteiger partial charge in [-0.05, 0) is 51.0 Å². The number of aromatic nitrogens is 2. The zero-order valence-corrected chi connectivity index (χ0v) is 17.0. The Morgan fingerprint density at radius 3 is 2.78 bits per heavy atom. The molecule has 4 rings (SSSR count). The molecule has 0 aromatic carbocycles. The van der Waals surface area contributed by atoms with Crippen molar-refractivity contribution >= 4 is 27.5 Å². The van der Waals surface area contributed by atoms with E-state index < -0.39 is 0 Å². The van der Waals surface area contributed by atoms with Crippen molar-refractivity contribution in [3.63, 3.8) is 0 Å². The standard InChI is InChI=1S/C21H29N3O2S/c1-2-24(15-8-4-3-5-9-15)18(25)12-13-23-14-22-20-19(21(23)26)16-10-6-7-11-17(16)27-20/h14-15H,2-13H2,1H3. The van der Waals surface area contributed by atoms with Gasteiger partial charge in [-0.25, -0.2) is 4.98 Å². The van der Waals surface area contributed by atoms with Gasteiger partial charge in [0.15, 0.2) is 0 Å². The van der Waals surface area contributed by atoms with E-state index in [2.05, 4.69) is 11.9 Å². The normalized spacial score (nSPS) is 17.8. The second-order valence-electron chi connectivity index (χ2n) is 7.86. The van der Waals surface area contributed by atoms with E-state index in [1.54, 1.807) is 22.2 Å². The summed E-state index contributed by atoms with van der Waals surface area (Å²) in [5.41, 5.74) is 1.25. The monoisotopic (exact) mass is 387 g/mol. The Hall–Kier alpha value is -1.69. The van der Waals surface area contributed by atoms with Crippen LogP contribution in [0.5, 0.6) is 0 Å². The van der Waals surface area contributed by atoms with E-state index in [9.17, 15) is 9.59 Å². The fourth-order valence-corrected chi connectivity index (χ4v) is 5.95. The zero-order chi connectivity index (χ0) is 18.8. The molecule has 2 aliphatic carbocycles. The van der Waals surface area contributed by atoms with E-state index in [0.717, 1.165) is 48.9 Å². The minimum Gasteiger partial charge on any atom is -0.340 e. The molecule has 0 radical (unpaired) electrons. The van der Waals surface area contributed by atoms with Crippen LogP contribution in [0.1, 0.15) is 68.7 Å². The van der Waals surface area contributed by atoms with Crippen LogP contribution in [0.2, 0.25) is 0 Å². The maximum absolute atomic E-state index is 13.0. The molecule has 5 nitrogen and oxygen atoms in total. The highest BCUT2D eigenvalue weighted by Gasteiger charge is 2.24. The van der Waals surface area contributed by atoms with E-state index in [4.69, 9.17) is 0 Å². The topological polar surface area (TPSA) is 55.2 Å². The second kappa shape index (κ2) is 8.13. The number of rotatable bonds is 5. The number of carbonyl (C=O) groups is 1. The van der Waals surface area contributed by atoms with Gasteiger partial charge in [0.1, 0.15) is 4.83 Å². The summed E-state index contributed by atoms with van der Waals surface area (Å²) >= 11 is 1.67. The molecule has 1 fully saturated rings. The molecule has 6 heteroatoms. The Labute approximate surface area is 164 Å². The van der Waals surface area contributed by atoms with Crippen LogP contribution in [0.3, 0.4) is 0 Å². The van der Waals surface area contributed by atoms with Crippen LogP contribution in [-0.2, 0) is 24.2 Å². The fraction of sp³-hybridized carbons (Fsp3) is 0.667. The Balaban J connectivity index is 1.50. The number of aryl methyl sites for hydroxylation is 3. The van der Waals surface area contributed by atoms with Gasteiger partial charge in [0.2, 0.25) is 5.91 Å². The van der Waals surface area contributed by atoms with Gasteiger partial charge in [0, 0.05) is 30.4 Å². The maximum atomic E-state index is 13.0. The Kier molecular flexibility index (Phi) is 5.62. The van der Waals surface area contributed by atoms with Crippen LogP contribution >= 0.6 is 11.3 Å². The number of carbonyl (C=O) groups excluding carboxylic acids is 1. The summed E-state index contributed by atoms with van der Waals surface area (Å²) in [4.78, 5) is 34.6. The van der Waals surface area contributed by atoms with Crippen molar-refractivity contribution < 1.29 is 4.79 Å². The van der Waals surface area contributed by atoms with Gasteiger partial charge in [-0.1, -0.05) is 19.3 Å². The van der Waals surface area contributed by atoms with Crippen molar-refractivity contribution in [3.8, 4) is 0 Å². The van der Waals surface area contributed by atoms with E-state index in [0.29, 0.717) is 19.0 Å². The molecule has 0 saturated heterocycles. The maximum Gasteiger partial charge on any atom is 0.262 e. The van der Waals surface area contributed by atoms with Gasteiger partial charge in [0.05, 0.1) is 11.7 Å². The van der Waals surface area contributed by atoms with Crippen LogP contribution < -0.4 is 5.56 Å². The van der Waals surface area contributed by atoms with Crippen molar-refractivity contribution in [3.05, 3.63) is 27.1 Å². The summed E-state index contributed by atoms with van der Waals surface area (Å²) in [5.74, 6) is 0.170. The lowest BCUT2D eigenvalue weighted by Crippen LogP contribution is -2.41. The molecule has 0 spiro atoms. The van der Waals surface area contributed by atoms with Crippen LogP contribution in [0.15, 0.2) is 11.1 Å². The summed E-state index contributed by atoms with van der Waals surface area (Å²) in [6.07, 6.45) is 12.4. The molecule has 1 saturated carbocycles. The predicted octanol–water partition coefficient (Wildman–Crippen LogP) is 3.91. The number of thiophene rings is 1. The van der Waals surface area contributed by atoms with Gasteiger partial charge >= 0.3 is 0 Å². The lowest BCUT2D eigenvalue weighted by Gasteiger charge is -2.33. The summed E-state index contributed by atoms with van der Waals surface area (Å²) in [6.45, 7) is 3.24. The number of fused-ring (bicyclic) bond motifs is 3. The van der Waals surface area contributed by atoms with Crippen molar-refractivity contribution in [1.29, 1.82) is 0 Å². The Morgan fingerprint density at radius 1 is 1.22 bits per heavy atom. The first-order chi connectivity index (χ1) is 13.2. The fourth-order valence-electron chi connectivity index (χ4n) is 4.73. The first-order valence-corrected chi connectivity index (χ1v) is 11.3. The smallest absolute Gasteiger partial charge is 0.262 e. The van der Waals surface area contributed by atoms with Crippen LogP contribution in [0.4, 0.5) is 0 Å². The molecule has 0 unspecified atom stereocenters. The molecule has 2 aromatic heterocycles. The highest BCUT2D eigenvalue weighted by atomic mass is 32.1. The lowest BCUT2D eigenvalue weighted by molar-refractivity contribution is -0.134. The summed E-state index contributed by atoms with van der Waals surface area (Å²) in [7, 11) is 0. The van der Waals surface area contributed by atoms with E-state index in [1.165, 1.54) is 36.1 Å². The van der Waals surface area contributed by atoms with Crippen molar-refractivity contribution in [2.75, 3.05) is 6.54 Å². The van der Waals surface area contributed by atoms with E-state index in [-0.39, 0.29) is 11.5 Å². The average Bonchev–Trinajstić information content (AvgIpc) is 3.08. The van der Waals surface area contributed by atoms with Crippen LogP contribution in [0.25, 0.3) is 10.2 Å². The lowest BCUT2D eigenvalue weighted by atomic mass is 9.94. The highest BCUT2D eigenvalue weighted by molar-refractivity contribution is 7.18. The first kappa shape index (κ1) is 18.7. The van der Waals surface area contributed by atoms with Crippen LogP contribution in [0, 0.1) is 0 Å². The molecule has 0 bridgehead atoms. The Bertz CT molecular complexity index is 879. The molecule has 146 valence electrons. The van der Waals surface area contributed by atoms with Crippen molar-refractivity contribution in [2.24, 2.45) is 0 Å². The third kappa shape index (κ3) is 3.68. The third-order valence-electron chi connectivity index (χ3n) is 6.18. The molecule has 2 aromatic rings. The molecule has 0 N–H and O–H groups in total. The second-order valence-corrected chi connectivity index (χ2v) is 8.94. The van der Waals surface area contributed by atoms with Gasteiger partial charge in [-0.15, -0.1) is 11.3 Å². The van der Waals surface area contributed by atoms with Gasteiger partial charge in [-0.3, -0.25) is 14.2 Å². The third-order valence-corrected chi connectivity index (χ3v) is 7.38. The van der Waals surface area contributed by atoms with E-state index >= 15 is 0 Å². The van der Waals surface area contributed by atoms with Crippen molar-refractivity contribution in [1.82, 2.24) is 14.5 Å². The zero-order valence-electron chi connectivity index (χ0n) is 16.2. The van der Waals surface area contributed by atoms with E-state index in [1.807, 2.05) is 4.90 Å². The molecule has 2 heterocycles. The van der Waals surface area contributed by atoms with Crippen molar-refractivity contribution in [2.45, 2.75) is 83.7 Å². The largest absolute Gasteiger partial charge is 0.340 e. The minimum absolute atomic E-state index is 0.0351. The molecule has 0 aliphatic heterocycles. The molecule has 1 amide bonds. The minimum atomic E-state index is 0.0351. The molecule has 27 heavy (non-hydrogen) atoms. The molecular weight excluding hydrogens is 358 g/mol. The van der Waals surface area contributed by atoms with Crippen LogP contribution in [-0.4, -0.2) is 32.9 Å². The number of nitrogens with zero attached hydrogens (tertiary/aromatic N) is 3. The summed E-state index contributed by atoms with van der Waals surface area (Å²) in [5, 5.41) is 0.810. The quantitative estimate of drug-likeness (QED) is 0.782. The first-order valence-electron chi connectivity index (χ1n) is 10.5. The number of hydrogen-bond acceptors (Lipinski definition) is 4. The summed E-state index contributed by atoms with van der Waals surface area (Å²) < 4.78 is 1.65. The molecular formula is C21H29N3O2S. The summed E-state index contributed by atoms with van der Waals surface area (Å²) in [6, 6.07) is 0.387. The van der Waals surface area contributed by atoms with Gasteiger partial charge in [-0.2, -0.15) is 0 Å². The number of hydrogen-bond donors (Lipinski definition) is 0. The van der Waals surface area contributed by atoms with Gasteiger partial charge in [0.25, 0.3) is 5.56 Å². The van der Waals surface area contributed by atoms with Gasteiger partial charge < -0.3 is 4.90 Å². The average molecular weight is 388 g/mol. The Morgan fingerprint density at radius 2 is 2.00 bits per heavy atom. The SMILES string of the molecule is CCN(C(=O)CCn1cnc2sc3c(c2c1=O)CCCC3)C1CCCCC1. The molecule has 0 atom stereocenters. The number of amides is 1. The predicted molar refractivity (Wildman–Crippen MR) is 109 cm³/mol. The highest BCUT2D eigenvalue weighted by Crippen LogP contribution is 2.33.